The minimum Gasteiger partial charge on any atom is -0.497 e. The van der Waals surface area contributed by atoms with Gasteiger partial charge in [0.15, 0.2) is 0 Å². The number of hydrogen-bond acceptors (Lipinski definition) is 4. The van der Waals surface area contributed by atoms with Crippen molar-refractivity contribution >= 4 is 22.9 Å². The standard InChI is InChI=1S/C16H20N2O2S/c1-10(2)15(14-5-4-8-21-14)18-16(19)12-9-11(20-3)6-7-13(12)17/h4-10,15H,17H2,1-3H3,(H,18,19). The Balaban J connectivity index is 2.23. The van der Waals surface area contributed by atoms with E-state index >= 15 is 0 Å². The maximum atomic E-state index is 12.5. The summed E-state index contributed by atoms with van der Waals surface area (Å²) in [7, 11) is 1.57. The van der Waals surface area contributed by atoms with E-state index in [1.165, 1.54) is 0 Å². The highest BCUT2D eigenvalue weighted by atomic mass is 32.1. The number of hydrogen-bond donors (Lipinski definition) is 2. The molecule has 2 rings (SSSR count). The second-order valence-electron chi connectivity index (χ2n) is 5.16. The zero-order chi connectivity index (χ0) is 15.4. The molecule has 0 radical (unpaired) electrons. The maximum absolute atomic E-state index is 12.5. The molecule has 0 aliphatic carbocycles. The summed E-state index contributed by atoms with van der Waals surface area (Å²) < 4.78 is 5.15. The van der Waals surface area contributed by atoms with Gasteiger partial charge in [0.05, 0.1) is 18.7 Å². The molecular weight excluding hydrogens is 284 g/mol. The summed E-state index contributed by atoms with van der Waals surface area (Å²) in [4.78, 5) is 13.6. The Hall–Kier alpha value is -2.01. The summed E-state index contributed by atoms with van der Waals surface area (Å²) in [6, 6.07) is 9.08. The first-order chi connectivity index (χ1) is 10.0. The molecule has 0 aliphatic heterocycles. The van der Waals surface area contributed by atoms with Crippen LogP contribution in [0.3, 0.4) is 0 Å². The molecule has 0 aliphatic rings. The molecule has 1 amide bonds. The minimum atomic E-state index is -0.182. The van der Waals surface area contributed by atoms with Crippen LogP contribution in [0.5, 0.6) is 5.75 Å². The average Bonchev–Trinajstić information content (AvgIpc) is 2.98. The van der Waals surface area contributed by atoms with Gasteiger partial charge in [-0.25, -0.2) is 0 Å². The Morgan fingerprint density at radius 3 is 2.67 bits per heavy atom. The van der Waals surface area contributed by atoms with E-state index in [2.05, 4.69) is 19.2 Å². The highest BCUT2D eigenvalue weighted by molar-refractivity contribution is 7.10. The molecule has 0 bridgehead atoms. The maximum Gasteiger partial charge on any atom is 0.254 e. The lowest BCUT2D eigenvalue weighted by Crippen LogP contribution is -2.31. The van der Waals surface area contributed by atoms with Crippen molar-refractivity contribution in [3.63, 3.8) is 0 Å². The van der Waals surface area contributed by atoms with Crippen LogP contribution < -0.4 is 15.8 Å². The van der Waals surface area contributed by atoms with Crippen molar-refractivity contribution in [1.82, 2.24) is 5.32 Å². The van der Waals surface area contributed by atoms with Crippen molar-refractivity contribution in [3.8, 4) is 5.75 Å². The van der Waals surface area contributed by atoms with Gasteiger partial charge < -0.3 is 15.8 Å². The highest BCUT2D eigenvalue weighted by Gasteiger charge is 2.21. The van der Waals surface area contributed by atoms with Crippen molar-refractivity contribution in [2.24, 2.45) is 5.92 Å². The second kappa shape index (κ2) is 6.63. The van der Waals surface area contributed by atoms with Crippen molar-refractivity contribution in [2.75, 3.05) is 12.8 Å². The SMILES string of the molecule is COc1ccc(N)c(C(=O)NC(c2cccs2)C(C)C)c1. The monoisotopic (exact) mass is 304 g/mol. The molecule has 0 fully saturated rings. The second-order valence-corrected chi connectivity index (χ2v) is 6.14. The van der Waals surface area contributed by atoms with Gasteiger partial charge in [-0.05, 0) is 35.6 Å². The third-order valence-electron chi connectivity index (χ3n) is 3.31. The smallest absolute Gasteiger partial charge is 0.254 e. The summed E-state index contributed by atoms with van der Waals surface area (Å²) in [6.45, 7) is 4.17. The van der Waals surface area contributed by atoms with E-state index in [9.17, 15) is 4.79 Å². The molecule has 0 saturated carbocycles. The van der Waals surface area contributed by atoms with Gasteiger partial charge in [-0.15, -0.1) is 11.3 Å². The molecule has 1 unspecified atom stereocenters. The van der Waals surface area contributed by atoms with Crippen LogP contribution in [0.1, 0.15) is 35.1 Å². The van der Waals surface area contributed by atoms with Gasteiger partial charge in [0, 0.05) is 10.6 Å². The van der Waals surface area contributed by atoms with Gasteiger partial charge in [-0.2, -0.15) is 0 Å². The van der Waals surface area contributed by atoms with Crippen LogP contribution in [0.4, 0.5) is 5.69 Å². The zero-order valence-electron chi connectivity index (χ0n) is 12.4. The molecule has 1 aromatic carbocycles. The van der Waals surface area contributed by atoms with Crippen LogP contribution in [0.2, 0.25) is 0 Å². The number of thiophene rings is 1. The van der Waals surface area contributed by atoms with E-state index < -0.39 is 0 Å². The van der Waals surface area contributed by atoms with E-state index in [1.807, 2.05) is 17.5 Å². The van der Waals surface area contributed by atoms with Crippen molar-refractivity contribution in [2.45, 2.75) is 19.9 Å². The number of anilines is 1. The normalized spacial score (nSPS) is 12.2. The molecule has 5 heteroatoms. The number of nitrogens with two attached hydrogens (primary N) is 1. The van der Waals surface area contributed by atoms with E-state index in [0.717, 1.165) is 4.88 Å². The van der Waals surface area contributed by atoms with Crippen LogP contribution in [0.25, 0.3) is 0 Å². The number of nitrogens with one attached hydrogen (secondary N) is 1. The van der Waals surface area contributed by atoms with Crippen LogP contribution >= 0.6 is 11.3 Å². The molecule has 1 heterocycles. The average molecular weight is 304 g/mol. The number of amides is 1. The molecule has 3 N–H and O–H groups in total. The number of nitrogen functional groups attached to an aromatic ring is 1. The number of benzene rings is 1. The van der Waals surface area contributed by atoms with Crippen LogP contribution in [-0.4, -0.2) is 13.0 Å². The van der Waals surface area contributed by atoms with Gasteiger partial charge in [-0.3, -0.25) is 4.79 Å². The van der Waals surface area contributed by atoms with Gasteiger partial charge in [0.25, 0.3) is 5.91 Å². The molecule has 1 aromatic heterocycles. The minimum absolute atomic E-state index is 0.0249. The molecule has 1 atom stereocenters. The van der Waals surface area contributed by atoms with Crippen molar-refractivity contribution < 1.29 is 9.53 Å². The van der Waals surface area contributed by atoms with Gasteiger partial charge in [0.1, 0.15) is 5.75 Å². The fraction of sp³-hybridized carbons (Fsp3) is 0.312. The molecular formula is C16H20N2O2S. The lowest BCUT2D eigenvalue weighted by molar-refractivity contribution is 0.0927. The fourth-order valence-corrected chi connectivity index (χ4v) is 3.06. The Bertz CT molecular complexity index is 609. The summed E-state index contributed by atoms with van der Waals surface area (Å²) in [5.74, 6) is 0.726. The zero-order valence-corrected chi connectivity index (χ0v) is 13.2. The first-order valence-electron chi connectivity index (χ1n) is 6.80. The first-order valence-corrected chi connectivity index (χ1v) is 7.68. The summed E-state index contributed by atoms with van der Waals surface area (Å²) in [6.07, 6.45) is 0. The predicted octanol–water partition coefficient (Wildman–Crippen LogP) is 3.47. The number of ether oxygens (including phenoxy) is 1. The molecule has 112 valence electrons. The molecule has 2 aromatic rings. The lowest BCUT2D eigenvalue weighted by Gasteiger charge is -2.21. The summed E-state index contributed by atoms with van der Waals surface area (Å²) in [5.41, 5.74) is 6.79. The van der Waals surface area contributed by atoms with Crippen molar-refractivity contribution in [1.29, 1.82) is 0 Å². The van der Waals surface area contributed by atoms with E-state index in [4.69, 9.17) is 10.5 Å². The Morgan fingerprint density at radius 1 is 1.33 bits per heavy atom. The Morgan fingerprint density at radius 2 is 2.10 bits per heavy atom. The largest absolute Gasteiger partial charge is 0.497 e. The fourth-order valence-electron chi connectivity index (χ4n) is 2.11. The van der Waals surface area contributed by atoms with E-state index in [-0.39, 0.29) is 11.9 Å². The van der Waals surface area contributed by atoms with Crippen LogP contribution in [-0.2, 0) is 0 Å². The van der Waals surface area contributed by atoms with E-state index in [0.29, 0.717) is 22.9 Å². The highest BCUT2D eigenvalue weighted by Crippen LogP contribution is 2.27. The number of rotatable bonds is 5. The third-order valence-corrected chi connectivity index (χ3v) is 4.26. The number of methoxy groups -OCH3 is 1. The Kier molecular flexibility index (Phi) is 4.85. The van der Waals surface area contributed by atoms with E-state index in [1.54, 1.807) is 36.6 Å². The summed E-state index contributed by atoms with van der Waals surface area (Å²) in [5, 5.41) is 5.07. The van der Waals surface area contributed by atoms with Crippen molar-refractivity contribution in [3.05, 3.63) is 46.2 Å². The molecule has 4 nitrogen and oxygen atoms in total. The van der Waals surface area contributed by atoms with Crippen LogP contribution in [0.15, 0.2) is 35.7 Å². The topological polar surface area (TPSA) is 64.3 Å². The first kappa shape index (κ1) is 15.4. The van der Waals surface area contributed by atoms with Gasteiger partial charge in [-0.1, -0.05) is 19.9 Å². The quantitative estimate of drug-likeness (QED) is 0.831. The summed E-state index contributed by atoms with van der Waals surface area (Å²) >= 11 is 1.64. The van der Waals surface area contributed by atoms with Gasteiger partial charge >= 0.3 is 0 Å². The molecule has 0 spiro atoms. The lowest BCUT2D eigenvalue weighted by atomic mass is 10.0. The number of carbonyl (C=O) groups is 1. The molecule has 21 heavy (non-hydrogen) atoms. The Labute approximate surface area is 128 Å². The predicted molar refractivity (Wildman–Crippen MR) is 86.8 cm³/mol. The van der Waals surface area contributed by atoms with Crippen LogP contribution in [0, 0.1) is 5.92 Å². The third kappa shape index (κ3) is 3.55. The van der Waals surface area contributed by atoms with Gasteiger partial charge in [0.2, 0.25) is 0 Å². The number of carbonyl (C=O) groups excluding carboxylic acids is 1. The molecule has 0 saturated heterocycles.